The van der Waals surface area contributed by atoms with Gasteiger partial charge in [0.15, 0.2) is 0 Å². The van der Waals surface area contributed by atoms with Gasteiger partial charge >= 0.3 is 5.97 Å². The average molecular weight is 265 g/mol. The molecule has 0 radical (unpaired) electrons. The van der Waals surface area contributed by atoms with Crippen molar-refractivity contribution < 1.29 is 14.7 Å². The van der Waals surface area contributed by atoms with Gasteiger partial charge in [-0.1, -0.05) is 13.8 Å². The summed E-state index contributed by atoms with van der Waals surface area (Å²) in [6, 6.07) is 0. The van der Waals surface area contributed by atoms with Crippen LogP contribution in [0.15, 0.2) is 12.5 Å². The average Bonchev–Trinajstić information content (AvgIpc) is 2.34. The van der Waals surface area contributed by atoms with Crippen molar-refractivity contribution in [2.24, 2.45) is 11.8 Å². The first-order valence-corrected chi connectivity index (χ1v) is 6.19. The van der Waals surface area contributed by atoms with Gasteiger partial charge in [0, 0.05) is 12.7 Å². The summed E-state index contributed by atoms with van der Waals surface area (Å²) in [5.41, 5.74) is 0.944. The second kappa shape index (κ2) is 6.82. The molecular formula is C13H19N3O3. The molecule has 1 rings (SSSR count). The summed E-state index contributed by atoms with van der Waals surface area (Å²) in [7, 11) is 0. The first-order chi connectivity index (χ1) is 8.91. The Bertz CT molecular complexity index is 460. The molecule has 0 bridgehead atoms. The normalized spacial score (nSPS) is 12.2. The fourth-order valence-electron chi connectivity index (χ4n) is 1.77. The van der Waals surface area contributed by atoms with Gasteiger partial charge in [-0.05, 0) is 19.3 Å². The van der Waals surface area contributed by atoms with Crippen LogP contribution in [-0.4, -0.2) is 33.5 Å². The van der Waals surface area contributed by atoms with Gasteiger partial charge < -0.3 is 10.4 Å². The van der Waals surface area contributed by atoms with Crippen LogP contribution >= 0.6 is 0 Å². The molecule has 0 aliphatic rings. The molecule has 1 aromatic heterocycles. The predicted octanol–water partition coefficient (Wildman–Crippen LogP) is 1.26. The second-order valence-corrected chi connectivity index (χ2v) is 4.90. The topological polar surface area (TPSA) is 92.2 Å². The number of rotatable bonds is 6. The third kappa shape index (κ3) is 4.65. The lowest BCUT2D eigenvalue weighted by Gasteiger charge is -2.15. The number of aryl methyl sites for hydroxylation is 1. The lowest BCUT2D eigenvalue weighted by Crippen LogP contribution is -2.34. The summed E-state index contributed by atoms with van der Waals surface area (Å²) in [6.07, 6.45) is 3.32. The SMILES string of the molecule is Cc1ncncc1C(=O)NCC(CC(C)C)C(=O)O. The zero-order valence-electron chi connectivity index (χ0n) is 11.4. The van der Waals surface area contributed by atoms with Crippen LogP contribution in [0.3, 0.4) is 0 Å². The van der Waals surface area contributed by atoms with Crippen LogP contribution < -0.4 is 5.32 Å². The molecule has 1 heterocycles. The van der Waals surface area contributed by atoms with Crippen LogP contribution in [0, 0.1) is 18.8 Å². The highest BCUT2D eigenvalue weighted by Crippen LogP contribution is 2.11. The van der Waals surface area contributed by atoms with E-state index in [1.807, 2.05) is 13.8 Å². The Morgan fingerprint density at radius 2 is 2.11 bits per heavy atom. The van der Waals surface area contributed by atoms with E-state index < -0.39 is 11.9 Å². The number of nitrogens with one attached hydrogen (secondary N) is 1. The lowest BCUT2D eigenvalue weighted by atomic mass is 9.97. The largest absolute Gasteiger partial charge is 0.481 e. The van der Waals surface area contributed by atoms with Crippen molar-refractivity contribution in [3.05, 3.63) is 23.8 Å². The van der Waals surface area contributed by atoms with E-state index in [2.05, 4.69) is 15.3 Å². The Kier molecular flexibility index (Phi) is 5.41. The van der Waals surface area contributed by atoms with Crippen molar-refractivity contribution in [2.75, 3.05) is 6.54 Å². The van der Waals surface area contributed by atoms with Gasteiger partial charge in [0.1, 0.15) is 6.33 Å². The van der Waals surface area contributed by atoms with E-state index in [0.717, 1.165) is 0 Å². The van der Waals surface area contributed by atoms with Crippen LogP contribution in [0.1, 0.15) is 36.3 Å². The number of aromatic nitrogens is 2. The number of carbonyl (C=O) groups is 2. The Morgan fingerprint density at radius 1 is 1.42 bits per heavy atom. The maximum atomic E-state index is 11.9. The van der Waals surface area contributed by atoms with Crippen molar-refractivity contribution in [1.29, 1.82) is 0 Å². The molecular weight excluding hydrogens is 246 g/mol. The smallest absolute Gasteiger partial charge is 0.308 e. The zero-order valence-corrected chi connectivity index (χ0v) is 11.4. The second-order valence-electron chi connectivity index (χ2n) is 4.90. The molecule has 0 aromatic carbocycles. The minimum atomic E-state index is -0.893. The molecule has 0 aliphatic heterocycles. The van der Waals surface area contributed by atoms with Crippen molar-refractivity contribution in [3.63, 3.8) is 0 Å². The van der Waals surface area contributed by atoms with Crippen molar-refractivity contribution >= 4 is 11.9 Å². The van der Waals surface area contributed by atoms with Gasteiger partial charge in [-0.15, -0.1) is 0 Å². The van der Waals surface area contributed by atoms with Crippen LogP contribution in [0.4, 0.5) is 0 Å². The Hall–Kier alpha value is -1.98. The molecule has 1 aromatic rings. The summed E-state index contributed by atoms with van der Waals surface area (Å²) >= 11 is 0. The molecule has 0 fully saturated rings. The van der Waals surface area contributed by atoms with Gasteiger partial charge in [0.05, 0.1) is 17.2 Å². The number of amides is 1. The lowest BCUT2D eigenvalue weighted by molar-refractivity contribution is -0.142. The maximum Gasteiger partial charge on any atom is 0.308 e. The zero-order chi connectivity index (χ0) is 14.4. The van der Waals surface area contributed by atoms with E-state index in [1.54, 1.807) is 6.92 Å². The Balaban J connectivity index is 2.62. The third-order valence-corrected chi connectivity index (χ3v) is 2.77. The maximum absolute atomic E-state index is 11.9. The van der Waals surface area contributed by atoms with Gasteiger partial charge in [0.25, 0.3) is 5.91 Å². The van der Waals surface area contributed by atoms with Crippen LogP contribution in [0.25, 0.3) is 0 Å². The van der Waals surface area contributed by atoms with E-state index in [1.165, 1.54) is 12.5 Å². The molecule has 1 atom stereocenters. The van der Waals surface area contributed by atoms with E-state index in [-0.39, 0.29) is 18.4 Å². The van der Waals surface area contributed by atoms with Gasteiger partial charge in [-0.2, -0.15) is 0 Å². The summed E-state index contributed by atoms with van der Waals surface area (Å²) in [5, 5.41) is 11.7. The van der Waals surface area contributed by atoms with E-state index >= 15 is 0 Å². The van der Waals surface area contributed by atoms with Crippen LogP contribution in [0.2, 0.25) is 0 Å². The summed E-state index contributed by atoms with van der Waals surface area (Å²) < 4.78 is 0. The first-order valence-electron chi connectivity index (χ1n) is 6.19. The molecule has 0 saturated carbocycles. The summed E-state index contributed by atoms with van der Waals surface area (Å²) in [6.45, 7) is 5.72. The molecule has 6 heteroatoms. The highest BCUT2D eigenvalue weighted by atomic mass is 16.4. The molecule has 104 valence electrons. The van der Waals surface area contributed by atoms with Crippen molar-refractivity contribution in [3.8, 4) is 0 Å². The van der Waals surface area contributed by atoms with E-state index in [9.17, 15) is 9.59 Å². The summed E-state index contributed by atoms with van der Waals surface area (Å²) in [5.74, 6) is -1.54. The number of carboxylic acids is 1. The fraction of sp³-hybridized carbons (Fsp3) is 0.538. The van der Waals surface area contributed by atoms with Crippen LogP contribution in [-0.2, 0) is 4.79 Å². The minimum absolute atomic E-state index is 0.112. The number of carbonyl (C=O) groups excluding carboxylic acids is 1. The van der Waals surface area contributed by atoms with Crippen LogP contribution in [0.5, 0.6) is 0 Å². The number of hydrogen-bond acceptors (Lipinski definition) is 4. The number of hydrogen-bond donors (Lipinski definition) is 2. The fourth-order valence-corrected chi connectivity index (χ4v) is 1.77. The monoisotopic (exact) mass is 265 g/mol. The van der Waals surface area contributed by atoms with E-state index in [4.69, 9.17) is 5.11 Å². The highest BCUT2D eigenvalue weighted by molar-refractivity contribution is 5.95. The Labute approximate surface area is 112 Å². The standard InChI is InChI=1S/C13H19N3O3/c1-8(2)4-10(13(18)19)5-15-12(17)11-6-14-7-16-9(11)3/h6-8,10H,4-5H2,1-3H3,(H,15,17)(H,18,19). The summed E-state index contributed by atoms with van der Waals surface area (Å²) in [4.78, 5) is 30.7. The van der Waals surface area contributed by atoms with Crippen molar-refractivity contribution in [1.82, 2.24) is 15.3 Å². The van der Waals surface area contributed by atoms with E-state index in [0.29, 0.717) is 17.7 Å². The third-order valence-electron chi connectivity index (χ3n) is 2.77. The van der Waals surface area contributed by atoms with Gasteiger partial charge in [0.2, 0.25) is 0 Å². The predicted molar refractivity (Wildman–Crippen MR) is 69.7 cm³/mol. The molecule has 0 aliphatic carbocycles. The molecule has 19 heavy (non-hydrogen) atoms. The molecule has 1 unspecified atom stereocenters. The minimum Gasteiger partial charge on any atom is -0.481 e. The molecule has 6 nitrogen and oxygen atoms in total. The van der Waals surface area contributed by atoms with Gasteiger partial charge in [-0.25, -0.2) is 9.97 Å². The first kappa shape index (κ1) is 15.1. The van der Waals surface area contributed by atoms with Gasteiger partial charge in [-0.3, -0.25) is 9.59 Å². The quantitative estimate of drug-likeness (QED) is 0.807. The van der Waals surface area contributed by atoms with Crippen molar-refractivity contribution in [2.45, 2.75) is 27.2 Å². The Morgan fingerprint density at radius 3 is 2.63 bits per heavy atom. The number of nitrogens with zero attached hydrogens (tertiary/aromatic N) is 2. The number of aliphatic carboxylic acids is 1. The molecule has 1 amide bonds. The molecule has 0 spiro atoms. The highest BCUT2D eigenvalue weighted by Gasteiger charge is 2.20. The molecule has 0 saturated heterocycles. The molecule has 2 N–H and O–H groups in total. The number of carboxylic acid groups (broad SMARTS) is 1.